The van der Waals surface area contributed by atoms with Crippen LogP contribution in [0.2, 0.25) is 45.3 Å². The molecule has 0 aromatic rings. The lowest BCUT2D eigenvalue weighted by molar-refractivity contribution is 0.00633. The van der Waals surface area contributed by atoms with E-state index in [1.165, 1.54) is 0 Å². The van der Waals surface area contributed by atoms with Gasteiger partial charge in [0.15, 0.2) is 16.6 Å². The Bertz CT molecular complexity index is 236. The van der Waals surface area contributed by atoms with E-state index in [1.807, 2.05) is 0 Å². The number of ether oxygens (including phenoxy) is 1. The summed E-state index contributed by atoms with van der Waals surface area (Å²) in [6.07, 6.45) is 0.101. The lowest BCUT2D eigenvalue weighted by atomic mass is 10.4. The first-order valence-corrected chi connectivity index (χ1v) is 15.8. The van der Waals surface area contributed by atoms with Crippen LogP contribution in [0.15, 0.2) is 0 Å². The first kappa shape index (κ1) is 20.5. The van der Waals surface area contributed by atoms with Crippen molar-refractivity contribution in [2.24, 2.45) is 0 Å². The molecule has 0 aliphatic rings. The summed E-state index contributed by atoms with van der Waals surface area (Å²) in [5.74, 6) is 0. The minimum Gasteiger partial charge on any atom is -0.439 e. The van der Waals surface area contributed by atoms with Gasteiger partial charge < -0.3 is 23.2 Å². The van der Waals surface area contributed by atoms with Gasteiger partial charge in [-0.1, -0.05) is 0 Å². The van der Waals surface area contributed by atoms with E-state index >= 15 is 0 Å². The molecule has 0 fully saturated rings. The first-order valence-electron chi connectivity index (χ1n) is 7.26. The van der Waals surface area contributed by atoms with E-state index in [9.17, 15) is 0 Å². The zero-order valence-corrected chi connectivity index (χ0v) is 17.0. The van der Waals surface area contributed by atoms with Crippen molar-refractivity contribution in [2.75, 3.05) is 19.8 Å². The fraction of sp³-hybridized carbons (Fsp3) is 1.00. The standard InChI is InChI=1S/C12H32O5Si3/c1-19(2,3)16-18(17-20(4,5)6)9-7-8-15-11-12(14)10-13/h12-14,18H,7-11H2,1-6H3. The highest BCUT2D eigenvalue weighted by molar-refractivity contribution is 6.81. The molecule has 0 aromatic heterocycles. The van der Waals surface area contributed by atoms with Gasteiger partial charge in [0.2, 0.25) is 0 Å². The number of aliphatic hydroxyl groups is 2. The zero-order valence-electron chi connectivity index (χ0n) is 13.8. The van der Waals surface area contributed by atoms with Crippen LogP contribution in [-0.4, -0.2) is 62.1 Å². The highest BCUT2D eigenvalue weighted by Gasteiger charge is 2.28. The van der Waals surface area contributed by atoms with Crippen LogP contribution in [0.4, 0.5) is 0 Å². The van der Waals surface area contributed by atoms with Crippen molar-refractivity contribution in [3.8, 4) is 0 Å². The molecule has 122 valence electrons. The second-order valence-electron chi connectivity index (χ2n) is 6.94. The normalized spacial score (nSPS) is 14.8. The Balaban J connectivity index is 4.04. The molecule has 0 aliphatic carbocycles. The van der Waals surface area contributed by atoms with Crippen LogP contribution in [0.1, 0.15) is 6.42 Å². The maximum Gasteiger partial charge on any atom is 0.300 e. The summed E-state index contributed by atoms with van der Waals surface area (Å²) in [5, 5.41) is 17.8. The molecule has 0 bridgehead atoms. The fourth-order valence-electron chi connectivity index (χ4n) is 1.55. The number of hydrogen-bond acceptors (Lipinski definition) is 5. The molecule has 0 amide bonds. The Hall–Kier alpha value is 0.451. The van der Waals surface area contributed by atoms with Gasteiger partial charge in [-0.15, -0.1) is 0 Å². The largest absolute Gasteiger partial charge is 0.439 e. The third-order valence-electron chi connectivity index (χ3n) is 2.22. The lowest BCUT2D eigenvalue weighted by Gasteiger charge is -2.30. The van der Waals surface area contributed by atoms with E-state index in [1.54, 1.807) is 0 Å². The second kappa shape index (κ2) is 9.46. The van der Waals surface area contributed by atoms with Crippen molar-refractivity contribution < 1.29 is 23.2 Å². The quantitative estimate of drug-likeness (QED) is 0.442. The van der Waals surface area contributed by atoms with Gasteiger partial charge in [-0.2, -0.15) is 0 Å². The predicted molar refractivity (Wildman–Crippen MR) is 89.3 cm³/mol. The summed E-state index contributed by atoms with van der Waals surface area (Å²) in [4.78, 5) is 0. The van der Waals surface area contributed by atoms with Gasteiger partial charge >= 0.3 is 9.28 Å². The van der Waals surface area contributed by atoms with Crippen LogP contribution >= 0.6 is 0 Å². The average Bonchev–Trinajstić information content (AvgIpc) is 2.23. The summed E-state index contributed by atoms with van der Waals surface area (Å²) in [6.45, 7) is 13.6. The SMILES string of the molecule is C[Si](C)(C)O[SiH](CCCOCC(O)CO)O[Si](C)(C)C. The Labute approximate surface area is 127 Å². The molecule has 5 nitrogen and oxygen atoms in total. The Morgan fingerprint density at radius 3 is 1.90 bits per heavy atom. The molecule has 0 rings (SSSR count). The third-order valence-corrected chi connectivity index (χ3v) is 10.9. The van der Waals surface area contributed by atoms with Gasteiger partial charge in [0.1, 0.15) is 6.10 Å². The number of rotatable bonds is 11. The molecule has 0 spiro atoms. The highest BCUT2D eigenvalue weighted by atomic mass is 28.4. The summed E-state index contributed by atoms with van der Waals surface area (Å²) < 4.78 is 17.7. The van der Waals surface area contributed by atoms with Crippen molar-refractivity contribution in [2.45, 2.75) is 57.9 Å². The van der Waals surface area contributed by atoms with Crippen LogP contribution in [0.5, 0.6) is 0 Å². The average molecular weight is 341 g/mol. The minimum atomic E-state index is -1.63. The van der Waals surface area contributed by atoms with Crippen molar-refractivity contribution in [1.29, 1.82) is 0 Å². The molecule has 0 heterocycles. The molecule has 8 heteroatoms. The molecule has 2 N–H and O–H groups in total. The van der Waals surface area contributed by atoms with Gasteiger partial charge in [-0.3, -0.25) is 0 Å². The van der Waals surface area contributed by atoms with Crippen LogP contribution in [0, 0.1) is 0 Å². The van der Waals surface area contributed by atoms with Crippen LogP contribution < -0.4 is 0 Å². The topological polar surface area (TPSA) is 68.2 Å². The molecule has 0 radical (unpaired) electrons. The van der Waals surface area contributed by atoms with E-state index in [-0.39, 0.29) is 13.2 Å². The second-order valence-corrected chi connectivity index (χ2v) is 18.7. The van der Waals surface area contributed by atoms with Crippen molar-refractivity contribution in [1.82, 2.24) is 0 Å². The van der Waals surface area contributed by atoms with Gasteiger partial charge in [0, 0.05) is 6.61 Å². The smallest absolute Gasteiger partial charge is 0.300 e. The van der Waals surface area contributed by atoms with E-state index in [2.05, 4.69) is 39.3 Å². The third kappa shape index (κ3) is 13.4. The van der Waals surface area contributed by atoms with E-state index < -0.39 is 32.0 Å². The fourth-order valence-corrected chi connectivity index (χ4v) is 9.93. The summed E-state index contributed by atoms with van der Waals surface area (Å²) >= 11 is 0. The predicted octanol–water partition coefficient (Wildman–Crippen LogP) is 1.67. The summed E-state index contributed by atoms with van der Waals surface area (Å²) in [5.41, 5.74) is 0. The van der Waals surface area contributed by atoms with Gasteiger partial charge in [0.05, 0.1) is 13.2 Å². The molecule has 1 atom stereocenters. The lowest BCUT2D eigenvalue weighted by Crippen LogP contribution is -2.43. The van der Waals surface area contributed by atoms with Crippen LogP contribution in [-0.2, 0) is 13.0 Å². The molecular formula is C12H32O5Si3. The van der Waals surface area contributed by atoms with Gasteiger partial charge in [-0.05, 0) is 51.7 Å². The zero-order chi connectivity index (χ0) is 15.8. The van der Waals surface area contributed by atoms with Gasteiger partial charge in [0.25, 0.3) is 0 Å². The Morgan fingerprint density at radius 2 is 1.50 bits per heavy atom. The Morgan fingerprint density at radius 1 is 1.00 bits per heavy atom. The van der Waals surface area contributed by atoms with Gasteiger partial charge in [-0.25, -0.2) is 0 Å². The summed E-state index contributed by atoms with van der Waals surface area (Å²) in [7, 11) is -4.76. The molecule has 0 aromatic carbocycles. The maximum absolute atomic E-state index is 9.17. The Kier molecular flexibility index (Phi) is 9.68. The van der Waals surface area contributed by atoms with Crippen molar-refractivity contribution >= 4 is 25.9 Å². The molecular weight excluding hydrogens is 308 g/mol. The molecule has 20 heavy (non-hydrogen) atoms. The maximum atomic E-state index is 9.17. The first-order chi connectivity index (χ1) is 9.03. The molecule has 0 saturated carbocycles. The summed E-state index contributed by atoms with van der Waals surface area (Å²) in [6, 6.07) is 0.934. The number of aliphatic hydroxyl groups excluding tert-OH is 2. The molecule has 1 unspecified atom stereocenters. The highest BCUT2D eigenvalue weighted by Crippen LogP contribution is 2.15. The number of hydrogen-bond donors (Lipinski definition) is 2. The van der Waals surface area contributed by atoms with E-state index in [0.29, 0.717) is 6.61 Å². The van der Waals surface area contributed by atoms with Crippen LogP contribution in [0.25, 0.3) is 0 Å². The van der Waals surface area contributed by atoms with Crippen molar-refractivity contribution in [3.05, 3.63) is 0 Å². The minimum absolute atomic E-state index is 0.187. The van der Waals surface area contributed by atoms with Crippen LogP contribution in [0.3, 0.4) is 0 Å². The molecule has 0 saturated heterocycles. The van der Waals surface area contributed by atoms with E-state index in [4.69, 9.17) is 23.2 Å². The monoisotopic (exact) mass is 340 g/mol. The molecule has 0 aliphatic heterocycles. The van der Waals surface area contributed by atoms with E-state index in [0.717, 1.165) is 12.5 Å². The van der Waals surface area contributed by atoms with Crippen molar-refractivity contribution in [3.63, 3.8) is 0 Å².